The van der Waals surface area contributed by atoms with E-state index < -0.39 is 0 Å². The average Bonchev–Trinajstić information content (AvgIpc) is 0.822. The fourth-order valence-corrected chi connectivity index (χ4v) is 13.3. The van der Waals surface area contributed by atoms with Crippen LogP contribution in [0, 0.1) is 31.6 Å². The second-order valence-electron chi connectivity index (χ2n) is 29.8. The molecule has 3 fully saturated rings. The van der Waals surface area contributed by atoms with Crippen molar-refractivity contribution in [1.82, 2.24) is 0 Å². The Kier molecular flexibility index (Phi) is 67.0. The molecular weight excluding hydrogens is 1420 g/mol. The number of hydrogen-bond donors (Lipinski definition) is 0. The number of ether oxygens (including phenoxy) is 4. The molecule has 0 saturated heterocycles. The third kappa shape index (κ3) is 52.8. The molecule has 15 rings (SSSR count). The van der Waals surface area contributed by atoms with Crippen molar-refractivity contribution in [3.05, 3.63) is 360 Å². The van der Waals surface area contributed by atoms with Crippen LogP contribution in [0.15, 0.2) is 315 Å². The first-order chi connectivity index (χ1) is 57.3. The molecule has 4 heteroatoms. The quantitative estimate of drug-likeness (QED) is 0.129. The van der Waals surface area contributed by atoms with Gasteiger partial charge in [-0.05, 0) is 207 Å². The summed E-state index contributed by atoms with van der Waals surface area (Å²) in [5.41, 5.74) is 14.4. The van der Waals surface area contributed by atoms with Crippen LogP contribution in [0.5, 0.6) is 23.0 Å². The van der Waals surface area contributed by atoms with Gasteiger partial charge in [-0.25, -0.2) is 0 Å². The minimum Gasteiger partial charge on any atom is -0.497 e. The predicted octanol–water partition coefficient (Wildman–Crippen LogP) is 34.0. The number of fused-ring (bicyclic) bond motifs is 1. The van der Waals surface area contributed by atoms with Crippen LogP contribution < -0.4 is 18.9 Å². The normalized spacial score (nSPS) is 13.9. The molecule has 0 aliphatic heterocycles. The Morgan fingerprint density at radius 2 is 0.590 bits per heavy atom. The second-order valence-corrected chi connectivity index (χ2v) is 29.8. The van der Waals surface area contributed by atoms with E-state index in [2.05, 4.69) is 216 Å². The molecular formula is C113H160O4. The molecule has 0 bridgehead atoms. The Labute approximate surface area is 718 Å². The van der Waals surface area contributed by atoms with Gasteiger partial charge in [0.25, 0.3) is 0 Å². The maximum absolute atomic E-state index is 4.91. The van der Waals surface area contributed by atoms with Gasteiger partial charge in [-0.15, -0.1) is 0 Å². The standard InChI is InChI=1S/C14H20.C13H24.C13H18.C13H12.2C8H10.4C7H8O.C6H6.2C3H8.2C2H6/c1-3-11(2)13-9-8-12-6-4-5-7-14(12)10-13;3*1-11-7-9-13(10-8-11)12-5-3-2-4-6-12;2*1-2-8-6-4-3-5-7-8;4*1-8-7-5-3-2-4-6-7;1-2-4-6-5-3-1;2*1-3-2;2*1-2/h8-11H,3-7H2,1-2H3;11-13H,2-10H2,1H3;7-10,12H,2-6H2,1H3;2-10H,1H3;2*3-7H,2H2,1H3;4*2-6H,1H3;1-6H;2*3H2,1-2H3;2*1-2H3. The third-order valence-electron chi connectivity index (χ3n) is 20.3. The molecule has 117 heavy (non-hydrogen) atoms. The van der Waals surface area contributed by atoms with Gasteiger partial charge < -0.3 is 18.9 Å². The predicted molar refractivity (Wildman–Crippen MR) is 518 cm³/mol. The zero-order valence-electron chi connectivity index (χ0n) is 76.8. The monoisotopic (exact) mass is 1580 g/mol. The lowest BCUT2D eigenvalue weighted by atomic mass is 9.71. The molecule has 0 spiro atoms. The van der Waals surface area contributed by atoms with Crippen LogP contribution in [0.25, 0.3) is 11.1 Å². The molecule has 0 aromatic heterocycles. The van der Waals surface area contributed by atoms with Crippen LogP contribution in [-0.2, 0) is 25.7 Å². The summed E-state index contributed by atoms with van der Waals surface area (Å²) in [4.78, 5) is 0. The highest BCUT2D eigenvalue weighted by Crippen LogP contribution is 2.40. The summed E-state index contributed by atoms with van der Waals surface area (Å²) in [6.45, 7) is 32.1. The molecule has 4 aliphatic carbocycles. The molecule has 0 radical (unpaired) electrons. The molecule has 0 heterocycles. The molecule has 0 N–H and O–H groups in total. The van der Waals surface area contributed by atoms with E-state index in [0.717, 1.165) is 65.4 Å². The highest BCUT2D eigenvalue weighted by Gasteiger charge is 2.27. The minimum absolute atomic E-state index is 0.724. The van der Waals surface area contributed by atoms with E-state index in [1.807, 2.05) is 204 Å². The number of methoxy groups -OCH3 is 4. The average molecular weight is 1580 g/mol. The zero-order chi connectivity index (χ0) is 85.8. The van der Waals surface area contributed by atoms with E-state index in [1.165, 1.54) is 148 Å². The summed E-state index contributed by atoms with van der Waals surface area (Å²) in [5, 5.41) is 0. The van der Waals surface area contributed by atoms with Crippen molar-refractivity contribution < 1.29 is 18.9 Å². The largest absolute Gasteiger partial charge is 0.497 e. The van der Waals surface area contributed by atoms with E-state index in [9.17, 15) is 0 Å². The molecule has 636 valence electrons. The van der Waals surface area contributed by atoms with Gasteiger partial charge in [0.05, 0.1) is 28.4 Å². The van der Waals surface area contributed by atoms with Crippen LogP contribution >= 0.6 is 0 Å². The van der Waals surface area contributed by atoms with E-state index in [1.54, 1.807) is 70.8 Å². The number of hydrogen-bond acceptors (Lipinski definition) is 4. The molecule has 11 aromatic rings. The summed E-state index contributed by atoms with van der Waals surface area (Å²) in [5.74, 6) is 8.49. The summed E-state index contributed by atoms with van der Waals surface area (Å²) in [6.07, 6.45) is 32.3. The maximum atomic E-state index is 4.91. The third-order valence-corrected chi connectivity index (χ3v) is 20.3. The first kappa shape index (κ1) is 106. The molecule has 1 unspecified atom stereocenters. The topological polar surface area (TPSA) is 36.9 Å². The lowest BCUT2D eigenvalue weighted by Gasteiger charge is -2.34. The van der Waals surface area contributed by atoms with Gasteiger partial charge in [0, 0.05) is 0 Å². The van der Waals surface area contributed by atoms with Crippen molar-refractivity contribution in [1.29, 1.82) is 0 Å². The molecule has 4 nitrogen and oxygen atoms in total. The van der Waals surface area contributed by atoms with Gasteiger partial charge >= 0.3 is 0 Å². The Balaban J connectivity index is 0.000000641. The van der Waals surface area contributed by atoms with Crippen molar-refractivity contribution in [3.63, 3.8) is 0 Å². The number of rotatable bonds is 11. The van der Waals surface area contributed by atoms with Gasteiger partial charge in [-0.3, -0.25) is 0 Å². The molecule has 1 atom stereocenters. The first-order valence-corrected chi connectivity index (χ1v) is 45.1. The lowest BCUT2D eigenvalue weighted by Crippen LogP contribution is -2.22. The zero-order valence-corrected chi connectivity index (χ0v) is 76.8. The van der Waals surface area contributed by atoms with Gasteiger partial charge in [0.2, 0.25) is 0 Å². The van der Waals surface area contributed by atoms with E-state index >= 15 is 0 Å². The lowest BCUT2D eigenvalue weighted by molar-refractivity contribution is 0.173. The number of benzene rings is 11. The van der Waals surface area contributed by atoms with Gasteiger partial charge in [0.1, 0.15) is 23.0 Å². The van der Waals surface area contributed by atoms with Crippen molar-refractivity contribution in [2.24, 2.45) is 17.8 Å². The number of aryl methyl sites for hydroxylation is 6. The van der Waals surface area contributed by atoms with Crippen molar-refractivity contribution >= 4 is 0 Å². The highest BCUT2D eigenvalue weighted by atomic mass is 16.5. The summed E-state index contributed by atoms with van der Waals surface area (Å²) in [7, 11) is 6.65. The van der Waals surface area contributed by atoms with Gasteiger partial charge in [-0.2, -0.15) is 0 Å². The van der Waals surface area contributed by atoms with Gasteiger partial charge in [-0.1, -0.05) is 445 Å². The Hall–Kier alpha value is -9.38. The van der Waals surface area contributed by atoms with Crippen molar-refractivity contribution in [2.45, 2.75) is 263 Å². The highest BCUT2D eigenvalue weighted by molar-refractivity contribution is 5.63. The minimum atomic E-state index is 0.724. The Bertz CT molecular complexity index is 3480. The van der Waals surface area contributed by atoms with Gasteiger partial charge in [0.15, 0.2) is 0 Å². The molecule has 11 aromatic carbocycles. The number of para-hydroxylation sites is 4. The smallest absolute Gasteiger partial charge is 0.118 e. The molecule has 3 saturated carbocycles. The summed E-state index contributed by atoms with van der Waals surface area (Å²) in [6, 6.07) is 107. The van der Waals surface area contributed by atoms with Crippen LogP contribution in [0.3, 0.4) is 0 Å². The summed E-state index contributed by atoms with van der Waals surface area (Å²) >= 11 is 0. The van der Waals surface area contributed by atoms with E-state index in [0.29, 0.717) is 0 Å². The fraction of sp³-hybridized carbons (Fsp3) is 0.416. The van der Waals surface area contributed by atoms with Crippen molar-refractivity contribution in [2.75, 3.05) is 28.4 Å². The Morgan fingerprint density at radius 3 is 0.906 bits per heavy atom. The maximum Gasteiger partial charge on any atom is 0.118 e. The molecule has 4 aliphatic rings. The first-order valence-electron chi connectivity index (χ1n) is 45.1. The second kappa shape index (κ2) is 74.2. The van der Waals surface area contributed by atoms with Crippen LogP contribution in [0.2, 0.25) is 0 Å². The van der Waals surface area contributed by atoms with E-state index in [4.69, 9.17) is 18.9 Å². The summed E-state index contributed by atoms with van der Waals surface area (Å²) < 4.78 is 19.7. The van der Waals surface area contributed by atoms with Crippen LogP contribution in [0.4, 0.5) is 0 Å². The van der Waals surface area contributed by atoms with E-state index in [-0.39, 0.29) is 0 Å². The molecule has 0 amide bonds. The van der Waals surface area contributed by atoms with Crippen LogP contribution in [0.1, 0.15) is 268 Å². The van der Waals surface area contributed by atoms with Crippen LogP contribution in [-0.4, -0.2) is 28.4 Å². The SMILES string of the molecule is CC.CC.CC1CCC(C2CCCCC2)CC1.CCC.CCC.CCC(C)c1ccc2c(c1)CCCC2.CCc1ccccc1.CCc1ccccc1.COc1ccccc1.COc1ccccc1.COc1ccccc1.COc1ccccc1.Cc1ccc(-c2ccccc2)cc1.Cc1ccc(C2CCCCC2)cc1.c1ccccc1. The van der Waals surface area contributed by atoms with Crippen molar-refractivity contribution in [3.8, 4) is 34.1 Å². The Morgan fingerprint density at radius 1 is 0.299 bits per heavy atom. The fourth-order valence-electron chi connectivity index (χ4n) is 13.3.